The Morgan fingerprint density at radius 1 is 1.03 bits per heavy atom. The molecule has 36 heavy (non-hydrogen) atoms. The summed E-state index contributed by atoms with van der Waals surface area (Å²) in [5.41, 5.74) is 2.43. The van der Waals surface area contributed by atoms with Gasteiger partial charge >= 0.3 is 0 Å². The van der Waals surface area contributed by atoms with Gasteiger partial charge in [0, 0.05) is 31.1 Å². The predicted octanol–water partition coefficient (Wildman–Crippen LogP) is 4.78. The van der Waals surface area contributed by atoms with Crippen LogP contribution >= 0.6 is 11.6 Å². The number of halogens is 1. The summed E-state index contributed by atoms with van der Waals surface area (Å²) in [6.07, 6.45) is 4.24. The summed E-state index contributed by atoms with van der Waals surface area (Å²) in [5.74, 6) is -0.458. The van der Waals surface area contributed by atoms with Gasteiger partial charge in [-0.05, 0) is 55.5 Å². The SMILES string of the molecule is CCCCNC(=O)C(C)N(Cc1ccccc1Cl)C(=O)CCCN(c1ccc(CC)cc1)S(C)(=O)=O. The van der Waals surface area contributed by atoms with E-state index in [1.807, 2.05) is 44.2 Å². The number of nitrogens with zero attached hydrogens (tertiary/aromatic N) is 2. The Morgan fingerprint density at radius 3 is 2.28 bits per heavy atom. The average Bonchev–Trinajstić information content (AvgIpc) is 2.85. The van der Waals surface area contributed by atoms with Crippen LogP contribution in [0.25, 0.3) is 0 Å². The highest BCUT2D eigenvalue weighted by Crippen LogP contribution is 2.22. The Labute approximate surface area is 220 Å². The van der Waals surface area contributed by atoms with E-state index in [2.05, 4.69) is 5.32 Å². The molecule has 0 aliphatic heterocycles. The number of unbranched alkanes of at least 4 members (excludes halogenated alkanes) is 1. The van der Waals surface area contributed by atoms with Crippen LogP contribution in [0.3, 0.4) is 0 Å². The fraction of sp³-hybridized carbons (Fsp3) is 0.481. The highest BCUT2D eigenvalue weighted by Gasteiger charge is 2.27. The van der Waals surface area contributed by atoms with E-state index in [0.29, 0.717) is 23.7 Å². The molecule has 2 aromatic rings. The van der Waals surface area contributed by atoms with Gasteiger partial charge in [-0.1, -0.05) is 62.2 Å². The Bertz CT molecular complexity index is 1110. The monoisotopic (exact) mass is 535 g/mol. The highest BCUT2D eigenvalue weighted by molar-refractivity contribution is 7.92. The molecular weight excluding hydrogens is 498 g/mol. The third kappa shape index (κ3) is 8.82. The Morgan fingerprint density at radius 2 is 1.69 bits per heavy atom. The topological polar surface area (TPSA) is 86.8 Å². The first-order chi connectivity index (χ1) is 17.1. The normalized spacial score (nSPS) is 12.1. The Balaban J connectivity index is 2.15. The zero-order valence-corrected chi connectivity index (χ0v) is 23.2. The van der Waals surface area contributed by atoms with Gasteiger partial charge in [-0.15, -0.1) is 0 Å². The lowest BCUT2D eigenvalue weighted by molar-refractivity contribution is -0.140. The number of aryl methyl sites for hydroxylation is 1. The second-order valence-electron chi connectivity index (χ2n) is 8.89. The molecule has 0 spiro atoms. The van der Waals surface area contributed by atoms with Gasteiger partial charge in [0.1, 0.15) is 6.04 Å². The van der Waals surface area contributed by atoms with Crippen LogP contribution in [0.15, 0.2) is 48.5 Å². The molecule has 9 heteroatoms. The van der Waals surface area contributed by atoms with Crippen molar-refractivity contribution in [1.29, 1.82) is 0 Å². The standard InChI is InChI=1S/C27H38ClN3O4S/c1-5-7-18-29-27(33)21(3)30(20-23-11-8-9-12-25(23)28)26(32)13-10-19-31(36(4,34)35)24-16-14-22(6-2)15-17-24/h8-9,11-12,14-17,21H,5-7,10,13,18-20H2,1-4H3,(H,29,33). The van der Waals surface area contributed by atoms with Gasteiger partial charge in [0.15, 0.2) is 0 Å². The van der Waals surface area contributed by atoms with Crippen LogP contribution in [-0.4, -0.2) is 50.5 Å². The van der Waals surface area contributed by atoms with Crippen molar-refractivity contribution in [2.45, 2.75) is 65.5 Å². The second-order valence-corrected chi connectivity index (χ2v) is 11.2. The number of hydrogen-bond acceptors (Lipinski definition) is 4. The molecule has 0 fully saturated rings. The number of hydrogen-bond donors (Lipinski definition) is 1. The number of anilines is 1. The summed E-state index contributed by atoms with van der Waals surface area (Å²) >= 11 is 6.33. The number of carbonyl (C=O) groups is 2. The van der Waals surface area contributed by atoms with Crippen molar-refractivity contribution in [3.8, 4) is 0 Å². The molecule has 0 aliphatic carbocycles. The van der Waals surface area contributed by atoms with E-state index >= 15 is 0 Å². The van der Waals surface area contributed by atoms with Crippen LogP contribution in [0.5, 0.6) is 0 Å². The Kier molecular flexibility index (Phi) is 11.7. The molecule has 0 radical (unpaired) electrons. The van der Waals surface area contributed by atoms with E-state index in [1.54, 1.807) is 25.1 Å². The van der Waals surface area contributed by atoms with Crippen LogP contribution in [0.4, 0.5) is 5.69 Å². The van der Waals surface area contributed by atoms with Gasteiger partial charge in [-0.25, -0.2) is 8.42 Å². The van der Waals surface area contributed by atoms with Gasteiger partial charge in [-0.2, -0.15) is 0 Å². The minimum Gasteiger partial charge on any atom is -0.354 e. The molecule has 0 heterocycles. The maximum absolute atomic E-state index is 13.3. The average molecular weight is 536 g/mol. The largest absolute Gasteiger partial charge is 0.354 e. The number of sulfonamides is 1. The molecule has 7 nitrogen and oxygen atoms in total. The molecule has 1 N–H and O–H groups in total. The zero-order chi connectivity index (χ0) is 26.7. The van der Waals surface area contributed by atoms with Crippen LogP contribution < -0.4 is 9.62 Å². The number of nitrogens with one attached hydrogen (secondary N) is 1. The first-order valence-electron chi connectivity index (χ1n) is 12.5. The number of amides is 2. The first kappa shape index (κ1) is 29.6. The van der Waals surface area contributed by atoms with Crippen molar-refractivity contribution in [2.75, 3.05) is 23.7 Å². The van der Waals surface area contributed by atoms with E-state index in [-0.39, 0.29) is 31.3 Å². The maximum atomic E-state index is 13.3. The summed E-state index contributed by atoms with van der Waals surface area (Å²) in [5, 5.41) is 3.41. The molecule has 0 saturated carbocycles. The fourth-order valence-electron chi connectivity index (χ4n) is 3.83. The smallest absolute Gasteiger partial charge is 0.242 e. The summed E-state index contributed by atoms with van der Waals surface area (Å²) in [6, 6.07) is 13.9. The molecule has 0 aromatic heterocycles. The van der Waals surface area contributed by atoms with Crippen molar-refractivity contribution in [2.24, 2.45) is 0 Å². The van der Waals surface area contributed by atoms with Gasteiger partial charge < -0.3 is 10.2 Å². The van der Waals surface area contributed by atoms with Gasteiger partial charge in [-0.3, -0.25) is 13.9 Å². The van der Waals surface area contributed by atoms with Crippen molar-refractivity contribution in [1.82, 2.24) is 10.2 Å². The number of carbonyl (C=O) groups excluding carboxylic acids is 2. The van der Waals surface area contributed by atoms with Gasteiger partial charge in [0.25, 0.3) is 0 Å². The molecule has 198 valence electrons. The van der Waals surface area contributed by atoms with Crippen molar-refractivity contribution < 1.29 is 18.0 Å². The van der Waals surface area contributed by atoms with Crippen LogP contribution in [0.2, 0.25) is 5.02 Å². The fourth-order valence-corrected chi connectivity index (χ4v) is 4.99. The van der Waals surface area contributed by atoms with E-state index in [1.165, 1.54) is 9.21 Å². The molecule has 0 saturated heterocycles. The lowest BCUT2D eigenvalue weighted by Gasteiger charge is -2.29. The molecule has 2 amide bonds. The minimum absolute atomic E-state index is 0.0933. The molecule has 1 unspecified atom stereocenters. The highest BCUT2D eigenvalue weighted by atomic mass is 35.5. The summed E-state index contributed by atoms with van der Waals surface area (Å²) in [4.78, 5) is 27.6. The second kappa shape index (κ2) is 14.2. The van der Waals surface area contributed by atoms with Crippen LogP contribution in [-0.2, 0) is 32.6 Å². The summed E-state index contributed by atoms with van der Waals surface area (Å²) in [7, 11) is -3.53. The third-order valence-electron chi connectivity index (χ3n) is 6.08. The third-order valence-corrected chi connectivity index (χ3v) is 7.64. The van der Waals surface area contributed by atoms with Crippen LogP contribution in [0.1, 0.15) is 57.6 Å². The van der Waals surface area contributed by atoms with E-state index in [4.69, 9.17) is 11.6 Å². The number of benzene rings is 2. The molecule has 2 aromatic carbocycles. The van der Waals surface area contributed by atoms with Crippen molar-refractivity contribution >= 4 is 39.1 Å². The molecule has 2 rings (SSSR count). The van der Waals surface area contributed by atoms with Gasteiger partial charge in [0.2, 0.25) is 21.8 Å². The van der Waals surface area contributed by atoms with Gasteiger partial charge in [0.05, 0.1) is 11.9 Å². The van der Waals surface area contributed by atoms with Crippen molar-refractivity contribution in [3.63, 3.8) is 0 Å². The minimum atomic E-state index is -3.53. The van der Waals surface area contributed by atoms with E-state index in [0.717, 1.165) is 36.6 Å². The lowest BCUT2D eigenvalue weighted by atomic mass is 10.1. The van der Waals surface area contributed by atoms with E-state index < -0.39 is 16.1 Å². The summed E-state index contributed by atoms with van der Waals surface area (Å²) < 4.78 is 26.2. The number of rotatable bonds is 14. The quantitative estimate of drug-likeness (QED) is 0.353. The first-order valence-corrected chi connectivity index (χ1v) is 14.7. The zero-order valence-electron chi connectivity index (χ0n) is 21.7. The maximum Gasteiger partial charge on any atom is 0.242 e. The van der Waals surface area contributed by atoms with Crippen LogP contribution in [0, 0.1) is 0 Å². The molecule has 0 aliphatic rings. The van der Waals surface area contributed by atoms with E-state index in [9.17, 15) is 18.0 Å². The molecule has 0 bridgehead atoms. The van der Waals surface area contributed by atoms with Crippen molar-refractivity contribution in [3.05, 3.63) is 64.7 Å². The predicted molar refractivity (Wildman–Crippen MR) is 147 cm³/mol. The Hall–Kier alpha value is -2.58. The summed E-state index contributed by atoms with van der Waals surface area (Å²) in [6.45, 7) is 6.68. The molecular formula is C27H38ClN3O4S. The lowest BCUT2D eigenvalue weighted by Crippen LogP contribution is -2.48. The molecule has 1 atom stereocenters.